The van der Waals surface area contributed by atoms with Crippen molar-refractivity contribution in [3.63, 3.8) is 0 Å². The van der Waals surface area contributed by atoms with Crippen molar-refractivity contribution in [2.24, 2.45) is 0 Å². The van der Waals surface area contributed by atoms with E-state index in [1.165, 1.54) is 4.88 Å². The van der Waals surface area contributed by atoms with Gasteiger partial charge in [-0.3, -0.25) is 4.79 Å². The highest BCUT2D eigenvalue weighted by Gasteiger charge is 2.21. The third-order valence-electron chi connectivity index (χ3n) is 2.97. The molecule has 20 heavy (non-hydrogen) atoms. The number of benzene rings is 1. The molecule has 1 aromatic heterocycles. The van der Waals surface area contributed by atoms with Crippen molar-refractivity contribution in [2.75, 3.05) is 0 Å². The Morgan fingerprint density at radius 2 is 2.15 bits per heavy atom. The minimum absolute atomic E-state index is 0.0242. The van der Waals surface area contributed by atoms with Gasteiger partial charge < -0.3 is 4.90 Å². The van der Waals surface area contributed by atoms with E-state index in [0.717, 1.165) is 9.37 Å². The number of hydrogen-bond acceptors (Lipinski definition) is 3. The lowest BCUT2D eigenvalue weighted by atomic mass is 10.1. The Labute approximate surface area is 137 Å². The van der Waals surface area contributed by atoms with Crippen LogP contribution in [0.2, 0.25) is 0 Å². The van der Waals surface area contributed by atoms with Gasteiger partial charge in [-0.05, 0) is 59.4 Å². The molecule has 0 saturated heterocycles. The van der Waals surface area contributed by atoms with Gasteiger partial charge in [-0.1, -0.05) is 6.07 Å². The number of nitrogens with zero attached hydrogens (tertiary/aromatic N) is 1. The van der Waals surface area contributed by atoms with E-state index >= 15 is 0 Å². The smallest absolute Gasteiger partial charge is 0.255 e. The third kappa shape index (κ3) is 3.65. The molecular weight excluding hydrogens is 354 g/mol. The molecule has 2 nitrogen and oxygen atoms in total. The van der Waals surface area contributed by atoms with Crippen molar-refractivity contribution in [1.82, 2.24) is 4.90 Å². The van der Waals surface area contributed by atoms with E-state index in [9.17, 15) is 4.79 Å². The standard InChI is InChI=1S/C15H16BrNOS2/c1-10(2)17(9-12-4-3-7-20-12)15(18)13-8-11(19)5-6-14(13)16/h3-8,10,19H,9H2,1-2H3. The zero-order valence-corrected chi connectivity index (χ0v) is 14.6. The molecule has 1 heterocycles. The Kier molecular flexibility index (Phi) is 5.29. The lowest BCUT2D eigenvalue weighted by molar-refractivity contribution is 0.0691. The molecule has 5 heteroatoms. The molecule has 0 radical (unpaired) electrons. The average molecular weight is 370 g/mol. The number of rotatable bonds is 4. The molecule has 0 bridgehead atoms. The van der Waals surface area contributed by atoms with Crippen LogP contribution in [0.15, 0.2) is 45.1 Å². The molecule has 0 unspecified atom stereocenters. The maximum atomic E-state index is 12.8. The fourth-order valence-corrected chi connectivity index (χ4v) is 3.21. The largest absolute Gasteiger partial charge is 0.331 e. The van der Waals surface area contributed by atoms with Gasteiger partial charge in [0.2, 0.25) is 0 Å². The zero-order valence-electron chi connectivity index (χ0n) is 11.3. The average Bonchev–Trinajstić information content (AvgIpc) is 2.90. The molecule has 0 atom stereocenters. The Morgan fingerprint density at radius 3 is 2.75 bits per heavy atom. The van der Waals surface area contributed by atoms with Crippen molar-refractivity contribution in [1.29, 1.82) is 0 Å². The van der Waals surface area contributed by atoms with Crippen LogP contribution in [0.3, 0.4) is 0 Å². The van der Waals surface area contributed by atoms with Gasteiger partial charge in [0.15, 0.2) is 0 Å². The van der Waals surface area contributed by atoms with Crippen LogP contribution in [0, 0.1) is 0 Å². The summed E-state index contributed by atoms with van der Waals surface area (Å²) in [4.78, 5) is 16.6. The molecule has 1 aromatic carbocycles. The quantitative estimate of drug-likeness (QED) is 0.763. The van der Waals surface area contributed by atoms with Crippen molar-refractivity contribution in [3.8, 4) is 0 Å². The molecule has 106 valence electrons. The maximum Gasteiger partial charge on any atom is 0.255 e. The molecule has 0 N–H and O–H groups in total. The second-order valence-corrected chi connectivity index (χ2v) is 7.17. The number of hydrogen-bond donors (Lipinski definition) is 1. The van der Waals surface area contributed by atoms with E-state index < -0.39 is 0 Å². The minimum Gasteiger partial charge on any atom is -0.331 e. The van der Waals surface area contributed by atoms with E-state index in [1.54, 1.807) is 17.4 Å². The Balaban J connectivity index is 2.29. The molecule has 0 aliphatic heterocycles. The van der Waals surface area contributed by atoms with E-state index in [1.807, 2.05) is 42.3 Å². The summed E-state index contributed by atoms with van der Waals surface area (Å²) in [7, 11) is 0. The molecule has 0 spiro atoms. The lowest BCUT2D eigenvalue weighted by Gasteiger charge is -2.27. The minimum atomic E-state index is 0.0242. The Morgan fingerprint density at radius 1 is 1.40 bits per heavy atom. The van der Waals surface area contributed by atoms with Gasteiger partial charge in [0.1, 0.15) is 0 Å². The highest BCUT2D eigenvalue weighted by molar-refractivity contribution is 9.10. The first-order valence-electron chi connectivity index (χ1n) is 6.31. The lowest BCUT2D eigenvalue weighted by Crippen LogP contribution is -2.36. The number of carbonyl (C=O) groups is 1. The van der Waals surface area contributed by atoms with Gasteiger partial charge >= 0.3 is 0 Å². The highest BCUT2D eigenvalue weighted by atomic mass is 79.9. The van der Waals surface area contributed by atoms with E-state index in [0.29, 0.717) is 12.1 Å². The second-order valence-electron chi connectivity index (χ2n) is 4.77. The van der Waals surface area contributed by atoms with Crippen molar-refractivity contribution >= 4 is 45.8 Å². The molecule has 0 aliphatic carbocycles. The summed E-state index contributed by atoms with van der Waals surface area (Å²) in [6.07, 6.45) is 0. The molecule has 1 amide bonds. The maximum absolute atomic E-state index is 12.8. The van der Waals surface area contributed by atoms with Crippen molar-refractivity contribution < 1.29 is 4.79 Å². The van der Waals surface area contributed by atoms with E-state index in [-0.39, 0.29) is 11.9 Å². The van der Waals surface area contributed by atoms with Crippen LogP contribution in [-0.4, -0.2) is 16.8 Å². The predicted molar refractivity (Wildman–Crippen MR) is 90.7 cm³/mol. The summed E-state index contributed by atoms with van der Waals surface area (Å²) in [5.41, 5.74) is 0.655. The molecule has 0 fully saturated rings. The zero-order chi connectivity index (χ0) is 14.7. The Bertz CT molecular complexity index is 596. The summed E-state index contributed by atoms with van der Waals surface area (Å²) in [6, 6.07) is 9.73. The van der Waals surface area contributed by atoms with Crippen LogP contribution in [-0.2, 0) is 6.54 Å². The molecule has 2 rings (SSSR count). The van der Waals surface area contributed by atoms with Crippen LogP contribution in [0.5, 0.6) is 0 Å². The van der Waals surface area contributed by atoms with Gasteiger partial charge in [-0.25, -0.2) is 0 Å². The first kappa shape index (κ1) is 15.6. The normalized spacial score (nSPS) is 10.8. The van der Waals surface area contributed by atoms with Gasteiger partial charge in [0.25, 0.3) is 5.91 Å². The summed E-state index contributed by atoms with van der Waals surface area (Å²) in [6.45, 7) is 4.70. The van der Waals surface area contributed by atoms with E-state index in [4.69, 9.17) is 0 Å². The molecule has 0 aliphatic rings. The fraction of sp³-hybridized carbons (Fsp3) is 0.267. The summed E-state index contributed by atoms with van der Waals surface area (Å²) >= 11 is 9.43. The third-order valence-corrected chi connectivity index (χ3v) is 4.80. The number of halogens is 1. The summed E-state index contributed by atoms with van der Waals surface area (Å²) in [5, 5.41) is 2.03. The van der Waals surface area contributed by atoms with Crippen LogP contribution in [0.25, 0.3) is 0 Å². The van der Waals surface area contributed by atoms with Gasteiger partial charge in [-0.15, -0.1) is 24.0 Å². The van der Waals surface area contributed by atoms with E-state index in [2.05, 4.69) is 34.6 Å². The first-order chi connectivity index (χ1) is 9.49. The van der Waals surface area contributed by atoms with Gasteiger partial charge in [-0.2, -0.15) is 0 Å². The number of thiophene rings is 1. The molecule has 2 aromatic rings. The monoisotopic (exact) mass is 369 g/mol. The first-order valence-corrected chi connectivity index (χ1v) is 8.43. The summed E-state index contributed by atoms with van der Waals surface area (Å²) < 4.78 is 0.803. The highest BCUT2D eigenvalue weighted by Crippen LogP contribution is 2.24. The molecular formula is C15H16BrNOS2. The number of thiol groups is 1. The topological polar surface area (TPSA) is 20.3 Å². The Hall–Kier alpha value is -0.780. The van der Waals surface area contributed by atoms with Gasteiger partial charge in [0.05, 0.1) is 12.1 Å². The number of amides is 1. The van der Waals surface area contributed by atoms with Crippen LogP contribution >= 0.6 is 39.9 Å². The van der Waals surface area contributed by atoms with Crippen molar-refractivity contribution in [3.05, 3.63) is 50.6 Å². The van der Waals surface area contributed by atoms with Crippen LogP contribution in [0.1, 0.15) is 29.1 Å². The SMILES string of the molecule is CC(C)N(Cc1cccs1)C(=O)c1cc(S)ccc1Br. The number of carbonyl (C=O) groups excluding carboxylic acids is 1. The van der Waals surface area contributed by atoms with Gasteiger partial charge in [0, 0.05) is 20.3 Å². The van der Waals surface area contributed by atoms with Crippen LogP contribution in [0.4, 0.5) is 0 Å². The molecule has 0 saturated carbocycles. The summed E-state index contributed by atoms with van der Waals surface area (Å²) in [5.74, 6) is 0.0242. The van der Waals surface area contributed by atoms with Crippen LogP contribution < -0.4 is 0 Å². The predicted octanol–water partition coefficient (Wildman–Crippen LogP) is 4.85. The fourth-order valence-electron chi connectivity index (χ4n) is 1.89. The van der Waals surface area contributed by atoms with Crippen molar-refractivity contribution in [2.45, 2.75) is 31.3 Å². The second kappa shape index (κ2) is 6.78.